The van der Waals surface area contributed by atoms with Gasteiger partial charge >= 0.3 is 0 Å². The second-order valence-electron chi connectivity index (χ2n) is 9.03. The summed E-state index contributed by atoms with van der Waals surface area (Å²) in [4.78, 5) is 37.1. The summed E-state index contributed by atoms with van der Waals surface area (Å²) in [5.74, 6) is 1.20. The largest absolute Gasteiger partial charge is 0.355 e. The van der Waals surface area contributed by atoms with Gasteiger partial charge in [0.05, 0.1) is 5.41 Å². The number of amides is 2. The number of carbonyl (C=O) groups excluding carboxylic acids is 2. The first-order valence-corrected chi connectivity index (χ1v) is 11.2. The van der Waals surface area contributed by atoms with E-state index >= 15 is 0 Å². The first kappa shape index (κ1) is 21.3. The van der Waals surface area contributed by atoms with Crippen molar-refractivity contribution in [2.45, 2.75) is 26.2 Å². The van der Waals surface area contributed by atoms with E-state index in [1.54, 1.807) is 11.1 Å². The highest BCUT2D eigenvalue weighted by atomic mass is 16.2. The number of likely N-dealkylation sites (tertiary alicyclic amines) is 1. The number of fused-ring (bicyclic) bond motifs is 1. The lowest BCUT2D eigenvalue weighted by Gasteiger charge is -2.34. The van der Waals surface area contributed by atoms with Gasteiger partial charge in [0.25, 0.3) is 5.91 Å². The van der Waals surface area contributed by atoms with Crippen molar-refractivity contribution < 1.29 is 9.59 Å². The van der Waals surface area contributed by atoms with Gasteiger partial charge in [-0.1, -0.05) is 25.1 Å². The molecule has 164 valence electrons. The average Bonchev–Trinajstić information content (AvgIpc) is 3.07. The van der Waals surface area contributed by atoms with Crippen LogP contribution >= 0.6 is 0 Å². The van der Waals surface area contributed by atoms with E-state index < -0.39 is 5.41 Å². The fourth-order valence-corrected chi connectivity index (χ4v) is 5.19. The van der Waals surface area contributed by atoms with Crippen molar-refractivity contribution in [2.24, 2.45) is 11.3 Å². The predicted octanol–water partition coefficient (Wildman–Crippen LogP) is 3.09. The normalized spacial score (nSPS) is 23.3. The standard InChI is InChI=1S/C25H32N4O2/c1-4-19-9-11-20(12-10-19)23(30)28-15-7-13-25(24(31)27(2)3)18-29(17-21(25)16-28)22-8-5-6-14-26-22/h5-6,8-12,14,21H,4,7,13,15-18H2,1-3H3/t21-,25-/m0/s1. The molecule has 0 radical (unpaired) electrons. The summed E-state index contributed by atoms with van der Waals surface area (Å²) in [6.07, 6.45) is 4.36. The van der Waals surface area contributed by atoms with Gasteiger partial charge in [0.1, 0.15) is 5.82 Å². The Morgan fingerprint density at radius 2 is 1.90 bits per heavy atom. The highest BCUT2D eigenvalue weighted by Gasteiger charge is 2.54. The van der Waals surface area contributed by atoms with E-state index in [4.69, 9.17) is 0 Å². The van der Waals surface area contributed by atoms with Crippen molar-refractivity contribution in [3.05, 3.63) is 59.8 Å². The zero-order valence-corrected chi connectivity index (χ0v) is 18.8. The zero-order valence-electron chi connectivity index (χ0n) is 18.8. The molecule has 1 aromatic carbocycles. The third kappa shape index (κ3) is 4.03. The molecule has 4 rings (SSSR count). The minimum Gasteiger partial charge on any atom is -0.355 e. The number of nitrogens with zero attached hydrogens (tertiary/aromatic N) is 4. The van der Waals surface area contributed by atoms with Gasteiger partial charge < -0.3 is 14.7 Å². The second-order valence-corrected chi connectivity index (χ2v) is 9.03. The van der Waals surface area contributed by atoms with Gasteiger partial charge in [-0.3, -0.25) is 9.59 Å². The first-order valence-electron chi connectivity index (χ1n) is 11.2. The van der Waals surface area contributed by atoms with E-state index in [9.17, 15) is 9.59 Å². The third-order valence-corrected chi connectivity index (χ3v) is 6.89. The number of anilines is 1. The number of aromatic nitrogens is 1. The van der Waals surface area contributed by atoms with E-state index in [0.29, 0.717) is 19.6 Å². The lowest BCUT2D eigenvalue weighted by atomic mass is 9.74. The van der Waals surface area contributed by atoms with Crippen molar-refractivity contribution in [1.82, 2.24) is 14.8 Å². The summed E-state index contributed by atoms with van der Waals surface area (Å²) in [7, 11) is 3.67. The predicted molar refractivity (Wildman–Crippen MR) is 122 cm³/mol. The number of aryl methyl sites for hydroxylation is 1. The number of carbonyl (C=O) groups is 2. The molecule has 3 heterocycles. The Balaban J connectivity index is 1.61. The minimum atomic E-state index is -0.484. The Hall–Kier alpha value is -2.89. The third-order valence-electron chi connectivity index (χ3n) is 6.89. The molecule has 1 aromatic heterocycles. The molecule has 2 aliphatic rings. The van der Waals surface area contributed by atoms with Crippen LogP contribution in [0.15, 0.2) is 48.7 Å². The molecule has 0 bridgehead atoms. The van der Waals surface area contributed by atoms with Crippen LogP contribution in [0, 0.1) is 11.3 Å². The fourth-order valence-electron chi connectivity index (χ4n) is 5.19. The molecule has 0 unspecified atom stereocenters. The molecule has 2 aromatic rings. The Labute approximate surface area is 184 Å². The van der Waals surface area contributed by atoms with Gasteiger partial charge in [-0.25, -0.2) is 4.98 Å². The van der Waals surface area contributed by atoms with Crippen LogP contribution < -0.4 is 4.90 Å². The Morgan fingerprint density at radius 1 is 1.13 bits per heavy atom. The van der Waals surface area contributed by atoms with Crippen LogP contribution in [-0.4, -0.2) is 66.9 Å². The fraction of sp³-hybridized carbons (Fsp3) is 0.480. The Bertz CT molecular complexity index is 928. The van der Waals surface area contributed by atoms with E-state index in [1.807, 2.05) is 61.5 Å². The maximum absolute atomic E-state index is 13.4. The van der Waals surface area contributed by atoms with Gasteiger partial charge in [0, 0.05) is 58.0 Å². The monoisotopic (exact) mass is 420 g/mol. The van der Waals surface area contributed by atoms with Crippen LogP contribution in [0.3, 0.4) is 0 Å². The highest BCUT2D eigenvalue weighted by Crippen LogP contribution is 2.45. The Kier molecular flexibility index (Phi) is 5.99. The van der Waals surface area contributed by atoms with E-state index in [1.165, 1.54) is 5.56 Å². The van der Waals surface area contributed by atoms with Gasteiger partial charge in [-0.05, 0) is 49.1 Å². The second kappa shape index (κ2) is 8.69. The summed E-state index contributed by atoms with van der Waals surface area (Å²) < 4.78 is 0. The number of pyridine rings is 1. The van der Waals surface area contributed by atoms with Crippen molar-refractivity contribution in [2.75, 3.05) is 45.2 Å². The van der Waals surface area contributed by atoms with Crippen LogP contribution in [0.5, 0.6) is 0 Å². The van der Waals surface area contributed by atoms with Crippen LogP contribution in [0.2, 0.25) is 0 Å². The van der Waals surface area contributed by atoms with E-state index in [0.717, 1.165) is 37.2 Å². The first-order chi connectivity index (χ1) is 14.9. The average molecular weight is 421 g/mol. The van der Waals surface area contributed by atoms with Gasteiger partial charge in [0.15, 0.2) is 0 Å². The summed E-state index contributed by atoms with van der Waals surface area (Å²) in [6.45, 7) is 4.78. The molecule has 2 aliphatic heterocycles. The van der Waals surface area contributed by atoms with Gasteiger partial charge in [-0.2, -0.15) is 0 Å². The molecule has 0 saturated carbocycles. The summed E-state index contributed by atoms with van der Waals surface area (Å²) in [5, 5.41) is 0. The van der Waals surface area contributed by atoms with Crippen molar-refractivity contribution in [1.29, 1.82) is 0 Å². The zero-order chi connectivity index (χ0) is 22.0. The highest BCUT2D eigenvalue weighted by molar-refractivity contribution is 5.94. The molecule has 6 nitrogen and oxygen atoms in total. The molecule has 6 heteroatoms. The molecule has 2 amide bonds. The number of hydrogen-bond donors (Lipinski definition) is 0. The lowest BCUT2D eigenvalue weighted by molar-refractivity contribution is -0.141. The topological polar surface area (TPSA) is 56.8 Å². The van der Waals surface area contributed by atoms with Crippen molar-refractivity contribution in [3.8, 4) is 0 Å². The Morgan fingerprint density at radius 3 is 2.55 bits per heavy atom. The number of rotatable bonds is 4. The number of benzene rings is 1. The lowest BCUT2D eigenvalue weighted by Crippen LogP contribution is -2.47. The maximum Gasteiger partial charge on any atom is 0.253 e. The van der Waals surface area contributed by atoms with Crippen molar-refractivity contribution >= 4 is 17.6 Å². The summed E-state index contributed by atoms with van der Waals surface area (Å²) in [6, 6.07) is 13.8. The van der Waals surface area contributed by atoms with Crippen molar-refractivity contribution in [3.63, 3.8) is 0 Å². The molecule has 0 aliphatic carbocycles. The van der Waals surface area contributed by atoms with Crippen LogP contribution in [0.4, 0.5) is 5.82 Å². The quantitative estimate of drug-likeness (QED) is 0.763. The smallest absolute Gasteiger partial charge is 0.253 e. The molecule has 2 fully saturated rings. The maximum atomic E-state index is 13.4. The SMILES string of the molecule is CCc1ccc(C(=O)N2CCC[C@]3(C(=O)N(C)C)CN(c4ccccn4)C[C@@H]3C2)cc1. The molecular weight excluding hydrogens is 388 g/mol. The minimum absolute atomic E-state index is 0.0621. The molecule has 31 heavy (non-hydrogen) atoms. The van der Waals surface area contributed by atoms with Crippen LogP contribution in [0.1, 0.15) is 35.7 Å². The molecule has 2 atom stereocenters. The molecule has 0 N–H and O–H groups in total. The summed E-state index contributed by atoms with van der Waals surface area (Å²) >= 11 is 0. The molecule has 2 saturated heterocycles. The van der Waals surface area contributed by atoms with E-state index in [2.05, 4.69) is 16.8 Å². The van der Waals surface area contributed by atoms with Gasteiger partial charge in [0.2, 0.25) is 5.91 Å². The van der Waals surface area contributed by atoms with Crippen LogP contribution in [0.25, 0.3) is 0 Å². The summed E-state index contributed by atoms with van der Waals surface area (Å²) in [5.41, 5.74) is 1.47. The number of hydrogen-bond acceptors (Lipinski definition) is 4. The van der Waals surface area contributed by atoms with Gasteiger partial charge in [-0.15, -0.1) is 0 Å². The molecular formula is C25H32N4O2. The van der Waals surface area contributed by atoms with Crippen LogP contribution in [-0.2, 0) is 11.2 Å². The molecule has 0 spiro atoms. The van der Waals surface area contributed by atoms with E-state index in [-0.39, 0.29) is 17.7 Å².